The number of ether oxygens (including phenoxy) is 2. The van der Waals surface area contributed by atoms with Gasteiger partial charge < -0.3 is 9.47 Å². The molecule has 134 valence electrons. The fourth-order valence-electron chi connectivity index (χ4n) is 2.53. The Bertz CT molecular complexity index is 929. The second kappa shape index (κ2) is 7.61. The number of methoxy groups -OCH3 is 2. The monoisotopic (exact) mass is 409 g/mol. The highest BCUT2D eigenvalue weighted by atomic mass is 35.5. The molecule has 5 nitrogen and oxygen atoms in total. The molecule has 1 aliphatic rings. The molecule has 1 aliphatic heterocycles. The molecule has 1 heterocycles. The molecule has 0 aliphatic carbocycles. The number of rotatable bonds is 4. The lowest BCUT2D eigenvalue weighted by Gasteiger charge is -2.15. The number of hydrogen-bond acceptors (Lipinski definition) is 5. The number of carbonyl (C=O) groups is 2. The molecule has 0 aromatic heterocycles. The van der Waals surface area contributed by atoms with E-state index in [0.29, 0.717) is 32.8 Å². The van der Waals surface area contributed by atoms with Crippen molar-refractivity contribution in [2.24, 2.45) is 0 Å². The summed E-state index contributed by atoms with van der Waals surface area (Å²) in [5.41, 5.74) is 0.896. The molecule has 0 spiro atoms. The molecule has 0 bridgehead atoms. The van der Waals surface area contributed by atoms with Gasteiger partial charge in [-0.1, -0.05) is 35.3 Å². The molecule has 3 rings (SSSR count). The molecule has 8 heteroatoms. The van der Waals surface area contributed by atoms with E-state index in [1.54, 1.807) is 36.4 Å². The van der Waals surface area contributed by atoms with Crippen molar-refractivity contribution >= 4 is 57.9 Å². The third-order valence-corrected chi connectivity index (χ3v) is 5.02. The van der Waals surface area contributed by atoms with Crippen LogP contribution in [0.5, 0.6) is 11.5 Å². The van der Waals surface area contributed by atoms with Crippen LogP contribution in [0.2, 0.25) is 10.0 Å². The lowest BCUT2D eigenvalue weighted by atomic mass is 10.1. The fourth-order valence-corrected chi connectivity index (χ4v) is 3.95. The van der Waals surface area contributed by atoms with Crippen molar-refractivity contribution in [1.29, 1.82) is 0 Å². The Morgan fingerprint density at radius 1 is 1.08 bits per heavy atom. The molecular formula is C18H13Cl2NO4S. The van der Waals surface area contributed by atoms with Crippen LogP contribution in [0.3, 0.4) is 0 Å². The minimum absolute atomic E-state index is 0.234. The third-order valence-electron chi connectivity index (χ3n) is 3.65. The van der Waals surface area contributed by atoms with Crippen LogP contribution in [0.25, 0.3) is 6.08 Å². The van der Waals surface area contributed by atoms with Gasteiger partial charge in [-0.25, -0.2) is 4.90 Å². The van der Waals surface area contributed by atoms with Crippen molar-refractivity contribution in [1.82, 2.24) is 0 Å². The predicted octanol–water partition coefficient (Wildman–Crippen LogP) is 5.25. The zero-order valence-corrected chi connectivity index (χ0v) is 16.1. The first-order valence-electron chi connectivity index (χ1n) is 7.40. The Hall–Kier alpha value is -2.15. The summed E-state index contributed by atoms with van der Waals surface area (Å²) in [4.78, 5) is 26.6. The summed E-state index contributed by atoms with van der Waals surface area (Å²) in [6, 6.07) is 9.97. The van der Waals surface area contributed by atoms with E-state index in [1.807, 2.05) is 0 Å². The van der Waals surface area contributed by atoms with Gasteiger partial charge >= 0.3 is 0 Å². The van der Waals surface area contributed by atoms with Crippen LogP contribution in [-0.2, 0) is 4.79 Å². The highest BCUT2D eigenvalue weighted by Crippen LogP contribution is 2.41. The van der Waals surface area contributed by atoms with Crippen LogP contribution in [0, 0.1) is 0 Å². The number of hydrogen-bond donors (Lipinski definition) is 0. The Labute approximate surface area is 164 Å². The van der Waals surface area contributed by atoms with Crippen LogP contribution < -0.4 is 14.4 Å². The first-order chi connectivity index (χ1) is 12.5. The van der Waals surface area contributed by atoms with E-state index in [9.17, 15) is 9.59 Å². The number of para-hydroxylation sites is 2. The second-order valence-corrected chi connectivity index (χ2v) is 7.04. The van der Waals surface area contributed by atoms with E-state index in [1.165, 1.54) is 20.3 Å². The number of carbonyl (C=O) groups excluding carboxylic acids is 2. The van der Waals surface area contributed by atoms with Crippen molar-refractivity contribution in [3.8, 4) is 11.5 Å². The maximum Gasteiger partial charge on any atom is 0.298 e. The SMILES string of the molecule is COc1ccccc1N1C(=O)SC(=Cc2cc(Cl)cc(Cl)c2OC)C1=O. The molecule has 0 atom stereocenters. The van der Waals surface area contributed by atoms with Crippen molar-refractivity contribution in [3.05, 3.63) is 56.9 Å². The molecule has 26 heavy (non-hydrogen) atoms. The topological polar surface area (TPSA) is 55.8 Å². The normalized spacial score (nSPS) is 15.7. The highest BCUT2D eigenvalue weighted by molar-refractivity contribution is 8.19. The lowest BCUT2D eigenvalue weighted by Crippen LogP contribution is -2.28. The van der Waals surface area contributed by atoms with Gasteiger partial charge in [-0.2, -0.15) is 0 Å². The van der Waals surface area contributed by atoms with Gasteiger partial charge in [-0.15, -0.1) is 0 Å². The molecule has 2 amide bonds. The van der Waals surface area contributed by atoms with E-state index in [2.05, 4.69) is 0 Å². The molecule has 1 saturated heterocycles. The molecular weight excluding hydrogens is 397 g/mol. The first kappa shape index (κ1) is 18.6. The van der Waals surface area contributed by atoms with Crippen molar-refractivity contribution in [3.63, 3.8) is 0 Å². The Morgan fingerprint density at radius 3 is 2.50 bits per heavy atom. The van der Waals surface area contributed by atoms with Crippen LogP contribution in [0.1, 0.15) is 5.56 Å². The quantitative estimate of drug-likeness (QED) is 0.645. The molecule has 0 radical (unpaired) electrons. The van der Waals surface area contributed by atoms with Crippen LogP contribution >= 0.6 is 35.0 Å². The number of imide groups is 1. The average molecular weight is 410 g/mol. The van der Waals surface area contributed by atoms with E-state index in [4.69, 9.17) is 32.7 Å². The van der Waals surface area contributed by atoms with E-state index >= 15 is 0 Å². The van der Waals surface area contributed by atoms with E-state index in [0.717, 1.165) is 16.7 Å². The van der Waals surface area contributed by atoms with Crippen LogP contribution in [0.15, 0.2) is 41.3 Å². The Balaban J connectivity index is 2.04. The van der Waals surface area contributed by atoms with Gasteiger partial charge in [0.1, 0.15) is 11.5 Å². The van der Waals surface area contributed by atoms with Crippen molar-refractivity contribution in [2.75, 3.05) is 19.1 Å². The third kappa shape index (κ3) is 3.40. The maximum atomic E-state index is 12.8. The van der Waals surface area contributed by atoms with Gasteiger partial charge in [0.25, 0.3) is 11.1 Å². The van der Waals surface area contributed by atoms with Crippen LogP contribution in [-0.4, -0.2) is 25.4 Å². The summed E-state index contributed by atoms with van der Waals surface area (Å²) in [7, 11) is 2.94. The van der Waals surface area contributed by atoms with E-state index in [-0.39, 0.29) is 4.91 Å². The van der Waals surface area contributed by atoms with E-state index < -0.39 is 11.1 Å². The summed E-state index contributed by atoms with van der Waals surface area (Å²) in [5, 5.41) is 0.291. The molecule has 0 N–H and O–H groups in total. The molecule has 2 aromatic rings. The molecule has 1 fully saturated rings. The van der Waals surface area contributed by atoms with Gasteiger partial charge in [-0.05, 0) is 42.1 Å². The number of amides is 2. The van der Waals surface area contributed by atoms with Crippen molar-refractivity contribution < 1.29 is 19.1 Å². The Morgan fingerprint density at radius 2 is 1.81 bits per heavy atom. The number of nitrogens with zero attached hydrogens (tertiary/aromatic N) is 1. The summed E-state index contributed by atoms with van der Waals surface area (Å²) in [5.74, 6) is 0.349. The Kier molecular flexibility index (Phi) is 5.46. The minimum Gasteiger partial charge on any atom is -0.495 e. The summed E-state index contributed by atoms with van der Waals surface area (Å²) in [6.45, 7) is 0. The minimum atomic E-state index is -0.456. The summed E-state index contributed by atoms with van der Waals surface area (Å²) < 4.78 is 10.5. The van der Waals surface area contributed by atoms with Gasteiger partial charge in [0.2, 0.25) is 0 Å². The molecule has 2 aromatic carbocycles. The standard InChI is InChI=1S/C18H13Cl2NO4S/c1-24-14-6-4-3-5-13(14)21-17(22)15(26-18(21)23)8-10-7-11(19)9-12(20)16(10)25-2/h3-9H,1-2H3. The summed E-state index contributed by atoms with van der Waals surface area (Å²) in [6.07, 6.45) is 1.54. The van der Waals surface area contributed by atoms with Gasteiger partial charge in [0.05, 0.1) is 29.8 Å². The zero-order chi connectivity index (χ0) is 18.8. The molecule has 0 unspecified atom stereocenters. The second-order valence-electron chi connectivity index (χ2n) is 5.20. The fraction of sp³-hybridized carbons (Fsp3) is 0.111. The number of benzene rings is 2. The van der Waals surface area contributed by atoms with Gasteiger partial charge in [0, 0.05) is 10.6 Å². The number of halogens is 2. The lowest BCUT2D eigenvalue weighted by molar-refractivity contribution is -0.113. The predicted molar refractivity (Wildman–Crippen MR) is 104 cm³/mol. The smallest absolute Gasteiger partial charge is 0.298 e. The van der Waals surface area contributed by atoms with Crippen molar-refractivity contribution in [2.45, 2.75) is 0 Å². The van der Waals surface area contributed by atoms with Gasteiger partial charge in [0.15, 0.2) is 0 Å². The van der Waals surface area contributed by atoms with Crippen LogP contribution in [0.4, 0.5) is 10.5 Å². The van der Waals surface area contributed by atoms with Gasteiger partial charge in [-0.3, -0.25) is 9.59 Å². The first-order valence-corrected chi connectivity index (χ1v) is 8.97. The number of anilines is 1. The zero-order valence-electron chi connectivity index (χ0n) is 13.8. The maximum absolute atomic E-state index is 12.8. The largest absolute Gasteiger partial charge is 0.495 e. The summed E-state index contributed by atoms with van der Waals surface area (Å²) >= 11 is 13.0. The molecule has 0 saturated carbocycles. The highest BCUT2D eigenvalue weighted by Gasteiger charge is 2.37. The average Bonchev–Trinajstić information content (AvgIpc) is 2.88. The number of thioether (sulfide) groups is 1.